The third-order valence-corrected chi connectivity index (χ3v) is 3.43. The van der Waals surface area contributed by atoms with Crippen molar-refractivity contribution in [2.45, 2.75) is 39.5 Å². The zero-order valence-corrected chi connectivity index (χ0v) is 13.1. The molecule has 5 heteroatoms. The first-order valence-corrected chi connectivity index (χ1v) is 7.49. The Labute approximate surface area is 130 Å². The van der Waals surface area contributed by atoms with E-state index < -0.39 is 11.9 Å². The van der Waals surface area contributed by atoms with E-state index >= 15 is 0 Å². The lowest BCUT2D eigenvalue weighted by molar-refractivity contribution is -0.137. The maximum Gasteiger partial charge on any atom is 0.304 e. The second-order valence-electron chi connectivity index (χ2n) is 5.50. The number of Topliss-reactive ketones (excluding diaryl/α,β-unsaturated/α-hetero) is 1. The van der Waals surface area contributed by atoms with Gasteiger partial charge in [-0.1, -0.05) is 31.2 Å². The number of amides is 1. The fourth-order valence-corrected chi connectivity index (χ4v) is 2.19. The molecule has 1 amide bonds. The number of unbranched alkanes of at least 4 members (excludes halogenated alkanes) is 1. The van der Waals surface area contributed by atoms with Crippen LogP contribution in [0.25, 0.3) is 0 Å². The van der Waals surface area contributed by atoms with Crippen LogP contribution in [0.4, 0.5) is 0 Å². The number of aliphatic carboxylic acids is 1. The van der Waals surface area contributed by atoms with E-state index in [0.717, 1.165) is 24.8 Å². The summed E-state index contributed by atoms with van der Waals surface area (Å²) in [7, 11) is 0. The largest absolute Gasteiger partial charge is 0.481 e. The monoisotopic (exact) mass is 305 g/mol. The average Bonchev–Trinajstić information content (AvgIpc) is 2.45. The Balaban J connectivity index is 2.44. The van der Waals surface area contributed by atoms with Gasteiger partial charge in [0.05, 0.1) is 6.42 Å². The van der Waals surface area contributed by atoms with Gasteiger partial charge in [-0.2, -0.15) is 0 Å². The van der Waals surface area contributed by atoms with Crippen LogP contribution in [0.1, 0.15) is 49.0 Å². The number of carboxylic acids is 1. The summed E-state index contributed by atoms with van der Waals surface area (Å²) < 4.78 is 0. The highest BCUT2D eigenvalue weighted by Crippen LogP contribution is 2.14. The van der Waals surface area contributed by atoms with Crippen molar-refractivity contribution in [2.24, 2.45) is 5.92 Å². The number of carbonyl (C=O) groups is 3. The minimum Gasteiger partial charge on any atom is -0.481 e. The van der Waals surface area contributed by atoms with Crippen molar-refractivity contribution in [1.29, 1.82) is 0 Å². The summed E-state index contributed by atoms with van der Waals surface area (Å²) in [6.07, 6.45) is 2.61. The molecule has 0 aliphatic rings. The van der Waals surface area contributed by atoms with Gasteiger partial charge in [-0.05, 0) is 24.8 Å². The van der Waals surface area contributed by atoms with Gasteiger partial charge in [0.25, 0.3) is 0 Å². The van der Waals surface area contributed by atoms with Gasteiger partial charge in [0.1, 0.15) is 0 Å². The van der Waals surface area contributed by atoms with Gasteiger partial charge in [0, 0.05) is 24.9 Å². The van der Waals surface area contributed by atoms with Gasteiger partial charge in [-0.3, -0.25) is 14.4 Å². The molecule has 1 atom stereocenters. The van der Waals surface area contributed by atoms with Crippen LogP contribution in [0, 0.1) is 5.92 Å². The lowest BCUT2D eigenvalue weighted by Crippen LogP contribution is -2.20. The van der Waals surface area contributed by atoms with Crippen molar-refractivity contribution in [3.63, 3.8) is 0 Å². The van der Waals surface area contributed by atoms with E-state index in [1.807, 2.05) is 12.1 Å². The maximum absolute atomic E-state index is 12.1. The molecule has 0 spiro atoms. The quantitative estimate of drug-likeness (QED) is 0.542. The Bertz CT molecular complexity index is 522. The van der Waals surface area contributed by atoms with E-state index in [1.165, 1.54) is 6.92 Å². The zero-order chi connectivity index (χ0) is 16.5. The van der Waals surface area contributed by atoms with E-state index in [2.05, 4.69) is 5.32 Å². The molecule has 1 aromatic rings. The number of aryl methyl sites for hydroxylation is 1. The van der Waals surface area contributed by atoms with Crippen LogP contribution in [0.2, 0.25) is 0 Å². The molecule has 1 unspecified atom stereocenters. The van der Waals surface area contributed by atoms with Crippen LogP contribution in [0.5, 0.6) is 0 Å². The summed E-state index contributed by atoms with van der Waals surface area (Å²) in [5.41, 5.74) is 1.68. The molecule has 5 nitrogen and oxygen atoms in total. The van der Waals surface area contributed by atoms with E-state index in [1.54, 1.807) is 19.1 Å². The second kappa shape index (κ2) is 8.97. The molecular formula is C17H23NO4. The Morgan fingerprint density at radius 1 is 1.14 bits per heavy atom. The molecule has 0 heterocycles. The van der Waals surface area contributed by atoms with Crippen molar-refractivity contribution in [3.8, 4) is 0 Å². The highest BCUT2D eigenvalue weighted by molar-refractivity contribution is 5.99. The Morgan fingerprint density at radius 3 is 2.32 bits per heavy atom. The first-order chi connectivity index (χ1) is 10.4. The van der Waals surface area contributed by atoms with Crippen molar-refractivity contribution < 1.29 is 19.5 Å². The van der Waals surface area contributed by atoms with Gasteiger partial charge in [-0.15, -0.1) is 0 Å². The topological polar surface area (TPSA) is 83.5 Å². The Hall–Kier alpha value is -2.17. The summed E-state index contributed by atoms with van der Waals surface area (Å²) in [6, 6.07) is 7.31. The van der Waals surface area contributed by atoms with Crippen LogP contribution in [0.3, 0.4) is 0 Å². The second-order valence-corrected chi connectivity index (χ2v) is 5.50. The van der Waals surface area contributed by atoms with E-state index in [0.29, 0.717) is 12.1 Å². The molecule has 0 saturated carbocycles. The lowest BCUT2D eigenvalue weighted by atomic mass is 9.95. The van der Waals surface area contributed by atoms with Crippen molar-refractivity contribution in [1.82, 2.24) is 5.32 Å². The molecule has 0 saturated heterocycles. The fraction of sp³-hybridized carbons (Fsp3) is 0.471. The van der Waals surface area contributed by atoms with Crippen LogP contribution in [0.15, 0.2) is 24.3 Å². The molecule has 0 fully saturated rings. The van der Waals surface area contributed by atoms with Gasteiger partial charge >= 0.3 is 5.97 Å². The van der Waals surface area contributed by atoms with Gasteiger partial charge in [-0.25, -0.2) is 0 Å². The number of hydrogen-bond acceptors (Lipinski definition) is 3. The fourth-order valence-electron chi connectivity index (χ4n) is 2.19. The Morgan fingerprint density at radius 2 is 1.77 bits per heavy atom. The van der Waals surface area contributed by atoms with Crippen LogP contribution in [-0.2, 0) is 16.0 Å². The van der Waals surface area contributed by atoms with Crippen molar-refractivity contribution >= 4 is 17.7 Å². The van der Waals surface area contributed by atoms with Gasteiger partial charge in [0.2, 0.25) is 5.91 Å². The molecule has 0 aliphatic carbocycles. The number of ketones is 1. The summed E-state index contributed by atoms with van der Waals surface area (Å²) in [4.78, 5) is 33.4. The molecule has 2 N–H and O–H groups in total. The minimum atomic E-state index is -0.961. The molecule has 1 aromatic carbocycles. The first-order valence-electron chi connectivity index (χ1n) is 7.49. The van der Waals surface area contributed by atoms with Crippen molar-refractivity contribution in [2.75, 3.05) is 6.54 Å². The summed E-state index contributed by atoms with van der Waals surface area (Å²) >= 11 is 0. The Kier molecular flexibility index (Phi) is 7.29. The molecule has 0 radical (unpaired) electrons. The highest BCUT2D eigenvalue weighted by atomic mass is 16.4. The normalized spacial score (nSPS) is 11.7. The molecule has 22 heavy (non-hydrogen) atoms. The molecule has 0 bridgehead atoms. The zero-order valence-electron chi connectivity index (χ0n) is 13.1. The van der Waals surface area contributed by atoms with Crippen LogP contribution in [-0.4, -0.2) is 29.3 Å². The number of rotatable bonds is 9. The molecule has 0 aliphatic heterocycles. The van der Waals surface area contributed by atoms with Crippen molar-refractivity contribution in [3.05, 3.63) is 35.4 Å². The SMILES string of the molecule is CC(=O)NCCCCc1ccc(C(=O)C(C)CC(=O)O)cc1. The molecule has 120 valence electrons. The predicted octanol–water partition coefficient (Wildman–Crippen LogP) is 2.44. The third-order valence-electron chi connectivity index (χ3n) is 3.43. The van der Waals surface area contributed by atoms with E-state index in [4.69, 9.17) is 5.11 Å². The first kappa shape index (κ1) is 17.9. The number of carboxylic acid groups (broad SMARTS) is 1. The smallest absolute Gasteiger partial charge is 0.304 e. The highest BCUT2D eigenvalue weighted by Gasteiger charge is 2.17. The standard InChI is InChI=1S/C17H23NO4/c1-12(11-16(20)21)17(22)15-8-6-14(7-9-15)5-3-4-10-18-13(2)19/h6-9,12H,3-5,10-11H2,1-2H3,(H,18,19)(H,20,21). The van der Waals surface area contributed by atoms with Gasteiger partial charge < -0.3 is 10.4 Å². The van der Waals surface area contributed by atoms with Crippen LogP contribution < -0.4 is 5.32 Å². The molecule has 1 rings (SSSR count). The predicted molar refractivity (Wildman–Crippen MR) is 83.8 cm³/mol. The summed E-state index contributed by atoms with van der Waals surface area (Å²) in [5.74, 6) is -1.63. The average molecular weight is 305 g/mol. The molecular weight excluding hydrogens is 282 g/mol. The maximum atomic E-state index is 12.1. The number of benzene rings is 1. The summed E-state index contributed by atoms with van der Waals surface area (Å²) in [6.45, 7) is 3.81. The minimum absolute atomic E-state index is 0.0154. The number of hydrogen-bond donors (Lipinski definition) is 2. The van der Waals surface area contributed by atoms with E-state index in [9.17, 15) is 14.4 Å². The third kappa shape index (κ3) is 6.52. The lowest BCUT2D eigenvalue weighted by Gasteiger charge is -2.08. The number of carbonyl (C=O) groups excluding carboxylic acids is 2. The van der Waals surface area contributed by atoms with Gasteiger partial charge in [0.15, 0.2) is 5.78 Å². The van der Waals surface area contributed by atoms with Crippen LogP contribution >= 0.6 is 0 Å². The van der Waals surface area contributed by atoms with E-state index in [-0.39, 0.29) is 18.1 Å². The summed E-state index contributed by atoms with van der Waals surface area (Å²) in [5, 5.41) is 11.5. The molecule has 0 aromatic heterocycles. The number of nitrogens with one attached hydrogen (secondary N) is 1.